The molecule has 1 unspecified atom stereocenters. The minimum absolute atomic E-state index is 0.191. The first kappa shape index (κ1) is 16.3. The molecule has 0 aromatic heterocycles. The SMILES string of the molecule is CC(=O)N1CCCN(CC2CN(c3ccccc3)CCO2)CC1. The molecule has 1 atom stereocenters. The van der Waals surface area contributed by atoms with Gasteiger partial charge in [-0.1, -0.05) is 18.2 Å². The van der Waals surface area contributed by atoms with Crippen molar-refractivity contribution in [3.05, 3.63) is 30.3 Å². The first-order valence-electron chi connectivity index (χ1n) is 8.62. The molecule has 2 saturated heterocycles. The van der Waals surface area contributed by atoms with Gasteiger partial charge in [-0.05, 0) is 25.1 Å². The number of carbonyl (C=O) groups excluding carboxylic acids is 1. The summed E-state index contributed by atoms with van der Waals surface area (Å²) in [6.07, 6.45) is 1.29. The van der Waals surface area contributed by atoms with Crippen molar-refractivity contribution in [3.8, 4) is 0 Å². The fourth-order valence-electron chi connectivity index (χ4n) is 3.46. The number of ether oxygens (including phenoxy) is 1. The predicted molar refractivity (Wildman–Crippen MR) is 91.7 cm³/mol. The standard InChI is InChI=1S/C18H27N3O2/c1-16(22)20-9-5-8-19(10-11-20)14-18-15-21(12-13-23-18)17-6-3-2-4-7-17/h2-4,6-7,18H,5,8-15H2,1H3. The van der Waals surface area contributed by atoms with Crippen LogP contribution in [0.5, 0.6) is 0 Å². The summed E-state index contributed by atoms with van der Waals surface area (Å²) in [5.74, 6) is 0.191. The highest BCUT2D eigenvalue weighted by Gasteiger charge is 2.24. The lowest BCUT2D eigenvalue weighted by atomic mass is 10.2. The Balaban J connectivity index is 1.52. The van der Waals surface area contributed by atoms with Crippen LogP contribution in [-0.2, 0) is 9.53 Å². The minimum Gasteiger partial charge on any atom is -0.373 e. The summed E-state index contributed by atoms with van der Waals surface area (Å²) >= 11 is 0. The number of rotatable bonds is 3. The van der Waals surface area contributed by atoms with E-state index >= 15 is 0 Å². The van der Waals surface area contributed by atoms with Gasteiger partial charge in [0.2, 0.25) is 5.91 Å². The molecule has 126 valence electrons. The molecule has 1 amide bonds. The fourth-order valence-corrected chi connectivity index (χ4v) is 3.46. The van der Waals surface area contributed by atoms with Gasteiger partial charge in [-0.15, -0.1) is 0 Å². The highest BCUT2D eigenvalue weighted by atomic mass is 16.5. The molecule has 0 spiro atoms. The summed E-state index contributed by atoms with van der Waals surface area (Å²) in [5, 5.41) is 0. The highest BCUT2D eigenvalue weighted by Crippen LogP contribution is 2.18. The van der Waals surface area contributed by atoms with E-state index in [0.717, 1.165) is 58.8 Å². The lowest BCUT2D eigenvalue weighted by Crippen LogP contribution is -2.48. The Bertz CT molecular complexity index is 508. The first-order chi connectivity index (χ1) is 11.2. The summed E-state index contributed by atoms with van der Waals surface area (Å²) < 4.78 is 5.98. The summed E-state index contributed by atoms with van der Waals surface area (Å²) in [6, 6.07) is 10.6. The van der Waals surface area contributed by atoms with Crippen molar-refractivity contribution in [3.63, 3.8) is 0 Å². The van der Waals surface area contributed by atoms with Crippen molar-refractivity contribution in [1.29, 1.82) is 0 Å². The van der Waals surface area contributed by atoms with Crippen molar-refractivity contribution in [1.82, 2.24) is 9.80 Å². The first-order valence-corrected chi connectivity index (χ1v) is 8.62. The zero-order valence-corrected chi connectivity index (χ0v) is 14.0. The number of carbonyl (C=O) groups is 1. The Labute approximate surface area is 138 Å². The van der Waals surface area contributed by atoms with Gasteiger partial charge in [0.25, 0.3) is 0 Å². The third-order valence-electron chi connectivity index (χ3n) is 4.76. The Morgan fingerprint density at radius 3 is 2.74 bits per heavy atom. The molecule has 3 rings (SSSR count). The molecule has 1 aromatic rings. The molecule has 23 heavy (non-hydrogen) atoms. The zero-order valence-electron chi connectivity index (χ0n) is 14.0. The van der Waals surface area contributed by atoms with Crippen LogP contribution in [0.4, 0.5) is 5.69 Å². The van der Waals surface area contributed by atoms with E-state index in [4.69, 9.17) is 4.74 Å². The van der Waals surface area contributed by atoms with Crippen LogP contribution in [-0.4, -0.2) is 74.2 Å². The molecule has 5 nitrogen and oxygen atoms in total. The van der Waals surface area contributed by atoms with E-state index in [2.05, 4.69) is 40.1 Å². The van der Waals surface area contributed by atoms with E-state index < -0.39 is 0 Å². The van der Waals surface area contributed by atoms with Gasteiger partial charge < -0.3 is 14.5 Å². The van der Waals surface area contributed by atoms with Crippen molar-refractivity contribution < 1.29 is 9.53 Å². The fraction of sp³-hybridized carbons (Fsp3) is 0.611. The van der Waals surface area contributed by atoms with E-state index in [1.165, 1.54) is 5.69 Å². The molecule has 2 fully saturated rings. The Kier molecular flexibility index (Phi) is 5.51. The van der Waals surface area contributed by atoms with E-state index in [1.807, 2.05) is 4.90 Å². The van der Waals surface area contributed by atoms with E-state index in [9.17, 15) is 4.79 Å². The maximum atomic E-state index is 11.5. The van der Waals surface area contributed by atoms with Gasteiger partial charge in [-0.25, -0.2) is 0 Å². The van der Waals surface area contributed by atoms with Crippen LogP contribution in [0.1, 0.15) is 13.3 Å². The number of hydrogen-bond donors (Lipinski definition) is 0. The van der Waals surface area contributed by atoms with E-state index in [-0.39, 0.29) is 12.0 Å². The largest absolute Gasteiger partial charge is 0.373 e. The summed E-state index contributed by atoms with van der Waals surface area (Å²) in [4.78, 5) is 18.3. The Morgan fingerprint density at radius 2 is 1.96 bits per heavy atom. The molecule has 0 aliphatic carbocycles. The van der Waals surface area contributed by atoms with Crippen LogP contribution in [0, 0.1) is 0 Å². The third-order valence-corrected chi connectivity index (χ3v) is 4.76. The molecule has 0 radical (unpaired) electrons. The molecular weight excluding hydrogens is 290 g/mol. The topological polar surface area (TPSA) is 36.0 Å². The zero-order chi connectivity index (χ0) is 16.1. The smallest absolute Gasteiger partial charge is 0.219 e. The average molecular weight is 317 g/mol. The predicted octanol–water partition coefficient (Wildman–Crippen LogP) is 1.45. The van der Waals surface area contributed by atoms with Crippen LogP contribution < -0.4 is 4.90 Å². The van der Waals surface area contributed by atoms with Crippen LogP contribution in [0.25, 0.3) is 0 Å². The van der Waals surface area contributed by atoms with Crippen LogP contribution in [0.2, 0.25) is 0 Å². The van der Waals surface area contributed by atoms with Crippen LogP contribution in [0.3, 0.4) is 0 Å². The van der Waals surface area contributed by atoms with Crippen LogP contribution >= 0.6 is 0 Å². The molecule has 2 aliphatic rings. The maximum Gasteiger partial charge on any atom is 0.219 e. The lowest BCUT2D eigenvalue weighted by molar-refractivity contribution is -0.128. The van der Waals surface area contributed by atoms with Crippen molar-refractivity contribution in [2.24, 2.45) is 0 Å². The summed E-state index contributed by atoms with van der Waals surface area (Å²) in [7, 11) is 0. The molecule has 1 aromatic carbocycles. The third kappa shape index (κ3) is 4.45. The number of benzene rings is 1. The second kappa shape index (κ2) is 7.79. The number of nitrogens with zero attached hydrogens (tertiary/aromatic N) is 3. The summed E-state index contributed by atoms with van der Waals surface area (Å²) in [5.41, 5.74) is 1.28. The monoisotopic (exact) mass is 317 g/mol. The van der Waals surface area contributed by atoms with Gasteiger partial charge in [-0.3, -0.25) is 9.69 Å². The number of morpholine rings is 1. The normalized spacial score (nSPS) is 23.6. The number of para-hydroxylation sites is 1. The minimum atomic E-state index is 0.191. The number of hydrogen-bond acceptors (Lipinski definition) is 4. The second-order valence-electron chi connectivity index (χ2n) is 6.43. The molecule has 0 N–H and O–H groups in total. The van der Waals surface area contributed by atoms with Gasteiger partial charge in [0.15, 0.2) is 0 Å². The molecular formula is C18H27N3O2. The lowest BCUT2D eigenvalue weighted by Gasteiger charge is -2.36. The number of anilines is 1. The van der Waals surface area contributed by atoms with Crippen molar-refractivity contribution in [2.45, 2.75) is 19.4 Å². The quantitative estimate of drug-likeness (QED) is 0.845. The van der Waals surface area contributed by atoms with Crippen LogP contribution in [0.15, 0.2) is 30.3 Å². The Morgan fingerprint density at radius 1 is 1.13 bits per heavy atom. The number of amides is 1. The molecule has 0 bridgehead atoms. The summed E-state index contributed by atoms with van der Waals surface area (Å²) in [6.45, 7) is 9.02. The maximum absolute atomic E-state index is 11.5. The Hall–Kier alpha value is -1.59. The van der Waals surface area contributed by atoms with Crippen molar-refractivity contribution >= 4 is 11.6 Å². The molecule has 5 heteroatoms. The van der Waals surface area contributed by atoms with Gasteiger partial charge in [0, 0.05) is 51.9 Å². The second-order valence-corrected chi connectivity index (χ2v) is 6.43. The molecule has 0 saturated carbocycles. The van der Waals surface area contributed by atoms with Gasteiger partial charge in [0.05, 0.1) is 12.7 Å². The van der Waals surface area contributed by atoms with E-state index in [1.54, 1.807) is 6.92 Å². The highest BCUT2D eigenvalue weighted by molar-refractivity contribution is 5.73. The van der Waals surface area contributed by atoms with Gasteiger partial charge in [0.1, 0.15) is 0 Å². The van der Waals surface area contributed by atoms with E-state index in [0.29, 0.717) is 0 Å². The van der Waals surface area contributed by atoms with Gasteiger partial charge >= 0.3 is 0 Å². The van der Waals surface area contributed by atoms with Crippen molar-refractivity contribution in [2.75, 3.05) is 57.3 Å². The molecule has 2 heterocycles. The van der Waals surface area contributed by atoms with Gasteiger partial charge in [-0.2, -0.15) is 0 Å². The average Bonchev–Trinajstić information content (AvgIpc) is 2.82. The molecule has 2 aliphatic heterocycles.